The smallest absolute Gasteiger partial charge is 0.238 e. The largest absolute Gasteiger partial charge is 0.433 e. The Morgan fingerprint density at radius 2 is 1.79 bits per heavy atom. The molecule has 0 spiro atoms. The van der Waals surface area contributed by atoms with Crippen LogP contribution < -0.4 is 4.72 Å². The lowest BCUT2D eigenvalue weighted by Crippen LogP contribution is -2.26. The number of alkyl halides is 3. The maximum atomic E-state index is 13.3. The molecular formula is C19H20F3N3O2S. The molecule has 0 saturated carbocycles. The van der Waals surface area contributed by atoms with Gasteiger partial charge in [0.1, 0.15) is 5.82 Å². The zero-order chi connectivity index (χ0) is 20.2. The summed E-state index contributed by atoms with van der Waals surface area (Å²) in [5, 5.41) is 1.02. The van der Waals surface area contributed by atoms with Crippen molar-refractivity contribution in [1.82, 2.24) is 14.7 Å². The molecule has 0 fully saturated rings. The van der Waals surface area contributed by atoms with E-state index in [2.05, 4.69) is 14.7 Å². The molecule has 1 heterocycles. The molecule has 0 aliphatic heterocycles. The van der Waals surface area contributed by atoms with E-state index in [1.54, 1.807) is 24.3 Å². The van der Waals surface area contributed by atoms with Crippen molar-refractivity contribution in [3.8, 4) is 0 Å². The number of sulfonamides is 1. The first-order valence-corrected chi connectivity index (χ1v) is 10.5. The predicted octanol–water partition coefficient (Wildman–Crippen LogP) is 3.51. The van der Waals surface area contributed by atoms with Crippen molar-refractivity contribution in [2.24, 2.45) is 0 Å². The fourth-order valence-electron chi connectivity index (χ4n) is 3.08. The first-order chi connectivity index (χ1) is 13.2. The van der Waals surface area contributed by atoms with E-state index in [0.717, 1.165) is 17.4 Å². The van der Waals surface area contributed by atoms with Crippen molar-refractivity contribution in [2.45, 2.75) is 38.3 Å². The van der Waals surface area contributed by atoms with E-state index in [1.165, 1.54) is 6.08 Å². The number of aryl methyl sites for hydroxylation is 1. The van der Waals surface area contributed by atoms with Crippen LogP contribution in [0.5, 0.6) is 0 Å². The third-order valence-corrected chi connectivity index (χ3v) is 5.49. The molecule has 0 radical (unpaired) electrons. The summed E-state index contributed by atoms with van der Waals surface area (Å²) >= 11 is 0. The van der Waals surface area contributed by atoms with Crippen LogP contribution in [-0.2, 0) is 35.5 Å². The minimum Gasteiger partial charge on any atom is -0.238 e. The second kappa shape index (κ2) is 8.40. The van der Waals surface area contributed by atoms with Gasteiger partial charge >= 0.3 is 6.18 Å². The summed E-state index contributed by atoms with van der Waals surface area (Å²) in [6, 6.07) is 8.89. The molecule has 1 aliphatic carbocycles. The monoisotopic (exact) mass is 411 g/mol. The minimum absolute atomic E-state index is 0.00251. The molecule has 0 saturated heterocycles. The minimum atomic E-state index is -4.54. The lowest BCUT2D eigenvalue weighted by molar-refractivity contribution is -0.142. The number of aromatic nitrogens is 2. The highest BCUT2D eigenvalue weighted by atomic mass is 32.2. The number of fused-ring (bicyclic) bond motifs is 1. The molecule has 150 valence electrons. The van der Waals surface area contributed by atoms with Crippen molar-refractivity contribution in [2.75, 3.05) is 6.54 Å². The summed E-state index contributed by atoms with van der Waals surface area (Å²) in [4.78, 5) is 7.92. The molecule has 1 N–H and O–H groups in total. The van der Waals surface area contributed by atoms with Crippen LogP contribution >= 0.6 is 0 Å². The maximum Gasteiger partial charge on any atom is 0.433 e. The molecular weight excluding hydrogens is 391 g/mol. The topological polar surface area (TPSA) is 72.0 Å². The van der Waals surface area contributed by atoms with Crippen LogP contribution in [0, 0.1) is 0 Å². The molecule has 5 nitrogen and oxygen atoms in total. The SMILES string of the molecule is O=S(=O)(/C=C/c1ccccc1)NCCc1nc2c(c(C(F)(F)F)n1)CCCC2. The number of nitrogens with one attached hydrogen (secondary N) is 1. The summed E-state index contributed by atoms with van der Waals surface area (Å²) in [7, 11) is -3.71. The van der Waals surface area contributed by atoms with Crippen LogP contribution in [0.1, 0.15) is 41.2 Å². The van der Waals surface area contributed by atoms with Gasteiger partial charge in [0.15, 0.2) is 5.69 Å². The first kappa shape index (κ1) is 20.5. The van der Waals surface area contributed by atoms with E-state index in [4.69, 9.17) is 0 Å². The van der Waals surface area contributed by atoms with Gasteiger partial charge in [-0.3, -0.25) is 0 Å². The standard InChI is InChI=1S/C19H20F3N3O2S/c20-19(21,22)18-15-8-4-5-9-16(15)24-17(25-18)10-12-23-28(26,27)13-11-14-6-2-1-3-7-14/h1-3,6-7,11,13,23H,4-5,8-10,12H2/b13-11+. The van der Waals surface area contributed by atoms with Gasteiger partial charge in [0.25, 0.3) is 0 Å². The van der Waals surface area contributed by atoms with Crippen molar-refractivity contribution in [3.05, 3.63) is 64.1 Å². The second-order valence-corrected chi connectivity index (χ2v) is 8.17. The van der Waals surface area contributed by atoms with Gasteiger partial charge in [-0.1, -0.05) is 30.3 Å². The normalized spacial score (nSPS) is 15.0. The Labute approximate surface area is 161 Å². The van der Waals surface area contributed by atoms with Crippen LogP contribution in [0.25, 0.3) is 6.08 Å². The van der Waals surface area contributed by atoms with E-state index >= 15 is 0 Å². The number of rotatable bonds is 6. The van der Waals surface area contributed by atoms with Crippen molar-refractivity contribution in [1.29, 1.82) is 0 Å². The van der Waals surface area contributed by atoms with Gasteiger partial charge in [-0.25, -0.2) is 23.1 Å². The quantitative estimate of drug-likeness (QED) is 0.790. The van der Waals surface area contributed by atoms with Crippen molar-refractivity contribution < 1.29 is 21.6 Å². The zero-order valence-electron chi connectivity index (χ0n) is 15.0. The molecule has 0 amide bonds. The van der Waals surface area contributed by atoms with Gasteiger partial charge in [0.05, 0.1) is 0 Å². The van der Waals surface area contributed by atoms with Crippen LogP contribution in [0.2, 0.25) is 0 Å². The Morgan fingerprint density at radius 3 is 2.50 bits per heavy atom. The number of hydrogen-bond acceptors (Lipinski definition) is 4. The summed E-state index contributed by atoms with van der Waals surface area (Å²) in [6.45, 7) is -0.0858. The van der Waals surface area contributed by atoms with Crippen LogP contribution in [0.4, 0.5) is 13.2 Å². The highest BCUT2D eigenvalue weighted by Crippen LogP contribution is 2.34. The first-order valence-electron chi connectivity index (χ1n) is 8.93. The van der Waals surface area contributed by atoms with Crippen LogP contribution in [-0.4, -0.2) is 24.9 Å². The molecule has 9 heteroatoms. The Morgan fingerprint density at radius 1 is 1.07 bits per heavy atom. The van der Waals surface area contributed by atoms with E-state index < -0.39 is 21.9 Å². The second-order valence-electron chi connectivity index (χ2n) is 6.52. The van der Waals surface area contributed by atoms with Gasteiger partial charge in [-0.05, 0) is 37.3 Å². The average Bonchev–Trinajstić information content (AvgIpc) is 2.66. The predicted molar refractivity (Wildman–Crippen MR) is 99.8 cm³/mol. The van der Waals surface area contributed by atoms with E-state index in [1.807, 2.05) is 6.07 Å². The number of hydrogen-bond donors (Lipinski definition) is 1. The van der Waals surface area contributed by atoms with Crippen LogP contribution in [0.15, 0.2) is 35.7 Å². The van der Waals surface area contributed by atoms with Gasteiger partial charge < -0.3 is 0 Å². The third-order valence-electron chi connectivity index (χ3n) is 4.39. The Kier molecular flexibility index (Phi) is 6.14. The number of benzene rings is 1. The molecule has 0 bridgehead atoms. The van der Waals surface area contributed by atoms with Crippen LogP contribution in [0.3, 0.4) is 0 Å². The van der Waals surface area contributed by atoms with E-state index in [9.17, 15) is 21.6 Å². The molecule has 2 aromatic rings. The molecule has 1 aromatic carbocycles. The third kappa shape index (κ3) is 5.39. The summed E-state index contributed by atoms with van der Waals surface area (Å²) in [6.07, 6.45) is -0.837. The molecule has 1 aromatic heterocycles. The molecule has 28 heavy (non-hydrogen) atoms. The highest BCUT2D eigenvalue weighted by Gasteiger charge is 2.37. The average molecular weight is 411 g/mol. The van der Waals surface area contributed by atoms with Gasteiger partial charge in [0.2, 0.25) is 10.0 Å². The van der Waals surface area contributed by atoms with Crippen molar-refractivity contribution >= 4 is 16.1 Å². The molecule has 0 atom stereocenters. The molecule has 1 aliphatic rings. The Hall–Kier alpha value is -2.26. The molecule has 0 unspecified atom stereocenters. The van der Waals surface area contributed by atoms with E-state index in [0.29, 0.717) is 25.0 Å². The zero-order valence-corrected chi connectivity index (χ0v) is 15.9. The molecule has 3 rings (SSSR count). The number of halogens is 3. The van der Waals surface area contributed by atoms with Gasteiger partial charge in [-0.15, -0.1) is 0 Å². The van der Waals surface area contributed by atoms with Gasteiger partial charge in [0, 0.05) is 29.6 Å². The summed E-state index contributed by atoms with van der Waals surface area (Å²) < 4.78 is 66.4. The van der Waals surface area contributed by atoms with E-state index in [-0.39, 0.29) is 24.4 Å². The summed E-state index contributed by atoms with van der Waals surface area (Å²) in [5.41, 5.74) is 0.434. The Balaban J connectivity index is 1.68. The maximum absolute atomic E-state index is 13.3. The Bertz CT molecular complexity index is 958. The highest BCUT2D eigenvalue weighted by molar-refractivity contribution is 7.92. The number of nitrogens with zero attached hydrogens (tertiary/aromatic N) is 2. The summed E-state index contributed by atoms with van der Waals surface area (Å²) in [5.74, 6) is 0.00251. The fraction of sp³-hybridized carbons (Fsp3) is 0.368. The fourth-order valence-corrected chi connectivity index (χ4v) is 3.90. The lowest BCUT2D eigenvalue weighted by atomic mass is 9.94. The lowest BCUT2D eigenvalue weighted by Gasteiger charge is -2.20. The van der Waals surface area contributed by atoms with Crippen molar-refractivity contribution in [3.63, 3.8) is 0 Å². The van der Waals surface area contributed by atoms with Gasteiger partial charge in [-0.2, -0.15) is 13.2 Å².